The van der Waals surface area contributed by atoms with Crippen molar-refractivity contribution in [3.63, 3.8) is 0 Å². The van der Waals surface area contributed by atoms with Gasteiger partial charge in [-0.1, -0.05) is 26.7 Å². The molecule has 0 saturated heterocycles. The van der Waals surface area contributed by atoms with Gasteiger partial charge in [-0.05, 0) is 31.4 Å². The van der Waals surface area contributed by atoms with E-state index in [1.54, 1.807) is 18.5 Å². The van der Waals surface area contributed by atoms with Crippen LogP contribution in [0.5, 0.6) is 0 Å². The summed E-state index contributed by atoms with van der Waals surface area (Å²) >= 11 is 0. The molecule has 102 valence electrons. The van der Waals surface area contributed by atoms with Crippen molar-refractivity contribution in [3.8, 4) is 0 Å². The van der Waals surface area contributed by atoms with Gasteiger partial charge in [0, 0.05) is 18.1 Å². The fourth-order valence-electron chi connectivity index (χ4n) is 2.27. The Balaban J connectivity index is 2.40. The number of hydrogen-bond acceptors (Lipinski definition) is 3. The summed E-state index contributed by atoms with van der Waals surface area (Å²) in [6.07, 6.45) is 7.20. The van der Waals surface area contributed by atoms with Crippen molar-refractivity contribution >= 4 is 6.03 Å². The van der Waals surface area contributed by atoms with Crippen molar-refractivity contribution in [1.29, 1.82) is 0 Å². The number of carbonyl (C=O) groups is 1. The van der Waals surface area contributed by atoms with E-state index in [0.717, 1.165) is 37.1 Å². The van der Waals surface area contributed by atoms with Crippen LogP contribution in [0.4, 0.5) is 4.79 Å². The van der Waals surface area contributed by atoms with E-state index in [1.165, 1.54) is 14.9 Å². The Bertz CT molecular complexity index is 554. The number of nitrogens with zero attached hydrogens (tertiary/aromatic N) is 4. The summed E-state index contributed by atoms with van der Waals surface area (Å²) in [6.45, 7) is 6.22. The highest BCUT2D eigenvalue weighted by Gasteiger charge is 2.18. The zero-order valence-electron chi connectivity index (χ0n) is 11.8. The maximum Gasteiger partial charge on any atom is 0.369 e. The van der Waals surface area contributed by atoms with Crippen LogP contribution in [0.1, 0.15) is 43.6 Å². The summed E-state index contributed by atoms with van der Waals surface area (Å²) in [5, 5.41) is 8.45. The Hall–Kier alpha value is -1.91. The van der Waals surface area contributed by atoms with E-state index in [2.05, 4.69) is 24.0 Å². The Morgan fingerprint density at radius 2 is 2.00 bits per heavy atom. The van der Waals surface area contributed by atoms with Crippen LogP contribution in [0, 0.1) is 6.92 Å². The van der Waals surface area contributed by atoms with Gasteiger partial charge in [0.15, 0.2) is 0 Å². The summed E-state index contributed by atoms with van der Waals surface area (Å²) < 4.78 is 2.79. The van der Waals surface area contributed by atoms with E-state index in [-0.39, 0.29) is 6.03 Å². The molecule has 0 amide bonds. The predicted octanol–water partition coefficient (Wildman–Crippen LogP) is 2.81. The average molecular weight is 260 g/mol. The smallest absolute Gasteiger partial charge is 0.244 e. The third kappa shape index (κ3) is 2.59. The van der Waals surface area contributed by atoms with Crippen LogP contribution >= 0.6 is 0 Å². The molecular formula is C14H20N4O. The molecule has 0 aliphatic carbocycles. The van der Waals surface area contributed by atoms with Gasteiger partial charge in [-0.2, -0.15) is 19.6 Å². The van der Waals surface area contributed by atoms with Gasteiger partial charge in [-0.3, -0.25) is 0 Å². The maximum atomic E-state index is 12.3. The molecule has 0 radical (unpaired) electrons. The van der Waals surface area contributed by atoms with E-state index in [9.17, 15) is 4.79 Å². The summed E-state index contributed by atoms with van der Waals surface area (Å²) in [7, 11) is 0. The minimum absolute atomic E-state index is 0.220. The van der Waals surface area contributed by atoms with Crippen molar-refractivity contribution < 1.29 is 4.79 Å². The highest BCUT2D eigenvalue weighted by Crippen LogP contribution is 2.17. The minimum atomic E-state index is -0.220. The molecule has 0 aliphatic rings. The molecule has 0 atom stereocenters. The highest BCUT2D eigenvalue weighted by atomic mass is 16.2. The molecule has 2 aromatic rings. The molecule has 19 heavy (non-hydrogen) atoms. The van der Waals surface area contributed by atoms with Crippen molar-refractivity contribution in [2.24, 2.45) is 0 Å². The second-order valence-electron chi connectivity index (χ2n) is 4.66. The van der Waals surface area contributed by atoms with Crippen molar-refractivity contribution in [2.75, 3.05) is 0 Å². The minimum Gasteiger partial charge on any atom is -0.244 e. The standard InChI is InChI=1S/C14H20N4O/c1-4-7-12-11(3)18(16-13(12)8-5-2)14(19)17-10-6-9-15-17/h6,9-10H,4-5,7-8H2,1-3H3. The van der Waals surface area contributed by atoms with Gasteiger partial charge in [0.1, 0.15) is 0 Å². The van der Waals surface area contributed by atoms with E-state index in [4.69, 9.17) is 0 Å². The van der Waals surface area contributed by atoms with Gasteiger partial charge < -0.3 is 0 Å². The largest absolute Gasteiger partial charge is 0.369 e. The van der Waals surface area contributed by atoms with Crippen LogP contribution < -0.4 is 0 Å². The molecule has 0 saturated carbocycles. The van der Waals surface area contributed by atoms with Crippen LogP contribution in [0.15, 0.2) is 18.5 Å². The first-order valence-electron chi connectivity index (χ1n) is 6.80. The zero-order valence-corrected chi connectivity index (χ0v) is 11.8. The van der Waals surface area contributed by atoms with Gasteiger partial charge in [-0.15, -0.1) is 0 Å². The second-order valence-corrected chi connectivity index (χ2v) is 4.66. The van der Waals surface area contributed by atoms with Gasteiger partial charge in [0.05, 0.1) is 5.69 Å². The predicted molar refractivity (Wildman–Crippen MR) is 73.4 cm³/mol. The Morgan fingerprint density at radius 3 is 2.58 bits per heavy atom. The number of carbonyl (C=O) groups excluding carboxylic acids is 1. The van der Waals surface area contributed by atoms with Gasteiger partial charge in [0.2, 0.25) is 0 Å². The van der Waals surface area contributed by atoms with E-state index < -0.39 is 0 Å². The molecule has 0 aromatic carbocycles. The highest BCUT2D eigenvalue weighted by molar-refractivity contribution is 5.78. The molecule has 2 heterocycles. The van der Waals surface area contributed by atoms with E-state index >= 15 is 0 Å². The normalized spacial score (nSPS) is 10.9. The lowest BCUT2D eigenvalue weighted by Gasteiger charge is -2.03. The van der Waals surface area contributed by atoms with Crippen LogP contribution in [0.3, 0.4) is 0 Å². The first-order chi connectivity index (χ1) is 9.19. The summed E-state index contributed by atoms with van der Waals surface area (Å²) in [5.41, 5.74) is 3.19. The molecule has 0 bridgehead atoms. The molecular weight excluding hydrogens is 240 g/mol. The first-order valence-corrected chi connectivity index (χ1v) is 6.80. The Labute approximate surface area is 113 Å². The molecule has 2 aromatic heterocycles. The van der Waals surface area contributed by atoms with Crippen LogP contribution in [0.25, 0.3) is 0 Å². The lowest BCUT2D eigenvalue weighted by molar-refractivity contribution is 0.237. The first kappa shape index (κ1) is 13.5. The Kier molecular flexibility index (Phi) is 4.14. The molecule has 0 aliphatic heterocycles. The summed E-state index contributed by atoms with van der Waals surface area (Å²) in [6, 6.07) is 1.51. The maximum absolute atomic E-state index is 12.3. The third-order valence-corrected chi connectivity index (χ3v) is 3.19. The number of aryl methyl sites for hydroxylation is 1. The third-order valence-electron chi connectivity index (χ3n) is 3.19. The summed E-state index contributed by atoms with van der Waals surface area (Å²) in [4.78, 5) is 12.3. The molecule has 5 heteroatoms. The fraction of sp³-hybridized carbons (Fsp3) is 0.500. The number of aromatic nitrogens is 4. The van der Waals surface area contributed by atoms with Crippen LogP contribution in [-0.2, 0) is 12.8 Å². The number of rotatable bonds is 4. The average Bonchev–Trinajstić information content (AvgIpc) is 3.02. The quantitative estimate of drug-likeness (QED) is 0.849. The lowest BCUT2D eigenvalue weighted by atomic mass is 10.1. The van der Waals surface area contributed by atoms with Gasteiger partial charge >= 0.3 is 6.03 Å². The van der Waals surface area contributed by atoms with Crippen molar-refractivity contribution in [1.82, 2.24) is 19.6 Å². The van der Waals surface area contributed by atoms with Crippen LogP contribution in [0.2, 0.25) is 0 Å². The summed E-state index contributed by atoms with van der Waals surface area (Å²) in [5.74, 6) is 0. The fourth-order valence-corrected chi connectivity index (χ4v) is 2.27. The molecule has 0 N–H and O–H groups in total. The van der Waals surface area contributed by atoms with E-state index in [0.29, 0.717) is 0 Å². The number of hydrogen-bond donors (Lipinski definition) is 0. The zero-order chi connectivity index (χ0) is 13.8. The van der Waals surface area contributed by atoms with Gasteiger partial charge in [-0.25, -0.2) is 4.79 Å². The Morgan fingerprint density at radius 1 is 1.26 bits per heavy atom. The van der Waals surface area contributed by atoms with Crippen LogP contribution in [-0.4, -0.2) is 25.6 Å². The molecule has 0 fully saturated rings. The van der Waals surface area contributed by atoms with Gasteiger partial charge in [0.25, 0.3) is 0 Å². The molecule has 0 unspecified atom stereocenters. The topological polar surface area (TPSA) is 52.7 Å². The molecule has 5 nitrogen and oxygen atoms in total. The molecule has 2 rings (SSSR count). The second kappa shape index (κ2) is 5.82. The molecule has 0 spiro atoms. The van der Waals surface area contributed by atoms with Crippen molar-refractivity contribution in [2.45, 2.75) is 46.5 Å². The van der Waals surface area contributed by atoms with E-state index in [1.807, 2.05) is 6.92 Å². The monoisotopic (exact) mass is 260 g/mol. The van der Waals surface area contributed by atoms with Crippen molar-refractivity contribution in [3.05, 3.63) is 35.4 Å². The lowest BCUT2D eigenvalue weighted by Crippen LogP contribution is -2.22. The SMILES string of the molecule is CCCc1nn(C(=O)n2cccn2)c(C)c1CCC.